The molecule has 0 spiro atoms. The Morgan fingerprint density at radius 1 is 1.00 bits per heavy atom. The third kappa shape index (κ3) is 6.89. The average Bonchev–Trinajstić information content (AvgIpc) is 3.02. The van der Waals surface area contributed by atoms with Gasteiger partial charge >= 0.3 is 7.75 Å². The third-order valence-electron chi connectivity index (χ3n) is 4.56. The van der Waals surface area contributed by atoms with Crippen LogP contribution >= 0.6 is 7.75 Å². The van der Waals surface area contributed by atoms with Crippen molar-refractivity contribution in [2.24, 2.45) is 11.5 Å². The van der Waals surface area contributed by atoms with Crippen LogP contribution in [0, 0.1) is 0 Å². The summed E-state index contributed by atoms with van der Waals surface area (Å²) in [5, 5.41) is 22.7. The van der Waals surface area contributed by atoms with Crippen LogP contribution in [0.3, 0.4) is 0 Å². The molecular weight excluding hydrogens is 409 g/mol. The zero-order valence-corrected chi connectivity index (χ0v) is 18.0. The van der Waals surface area contributed by atoms with E-state index in [0.29, 0.717) is 0 Å². The van der Waals surface area contributed by atoms with Crippen molar-refractivity contribution in [3.8, 4) is 0 Å². The number of nitrogens with two attached hydrogens (primary N) is 2. The van der Waals surface area contributed by atoms with Crippen molar-refractivity contribution in [2.45, 2.75) is 88.9 Å². The molecule has 2 rings (SSSR count). The maximum atomic E-state index is 12.5. The first-order valence-corrected chi connectivity index (χ1v) is 11.2. The summed E-state index contributed by atoms with van der Waals surface area (Å²) < 4.78 is 39.5. The molecule has 0 aromatic heterocycles. The van der Waals surface area contributed by atoms with Gasteiger partial charge in [0.15, 0.2) is 0 Å². The number of hydrogen-bond acceptors (Lipinski definition) is 10. The molecule has 2 saturated heterocycles. The van der Waals surface area contributed by atoms with Gasteiger partial charge in [-0.15, -0.1) is 0 Å². The van der Waals surface area contributed by atoms with E-state index in [1.165, 1.54) is 0 Å². The fourth-order valence-electron chi connectivity index (χ4n) is 3.16. The first-order valence-electron chi connectivity index (χ1n) is 9.61. The lowest BCUT2D eigenvalue weighted by Crippen LogP contribution is -2.46. The van der Waals surface area contributed by atoms with Gasteiger partial charge < -0.3 is 45.5 Å². The topological polar surface area (TPSA) is 188 Å². The van der Waals surface area contributed by atoms with Gasteiger partial charge in [-0.25, -0.2) is 9.65 Å². The molecule has 29 heavy (non-hydrogen) atoms. The molecule has 2 unspecified atom stereocenters. The Bertz CT molecular complexity index is 570. The lowest BCUT2D eigenvalue weighted by Gasteiger charge is -2.26. The van der Waals surface area contributed by atoms with Crippen LogP contribution in [0.1, 0.15) is 27.7 Å². The van der Waals surface area contributed by atoms with Gasteiger partial charge in [-0.05, 0) is 27.7 Å². The summed E-state index contributed by atoms with van der Waals surface area (Å²) in [5.41, 5.74) is 11.4. The molecule has 2 aliphatic heterocycles. The molecule has 0 saturated carbocycles. The van der Waals surface area contributed by atoms with Crippen LogP contribution in [0.25, 0.3) is 0 Å². The van der Waals surface area contributed by atoms with Gasteiger partial charge in [0, 0.05) is 0 Å². The monoisotopic (exact) mass is 443 g/mol. The van der Waals surface area contributed by atoms with E-state index >= 15 is 0 Å². The minimum atomic E-state index is -4.40. The third-order valence-corrected chi connectivity index (χ3v) is 5.68. The molecule has 0 radical (unpaired) electrons. The maximum Gasteiger partial charge on any atom is 0.403 e. The standard InChI is InChI=1S/C16H34N3O9P/c1-7(2)24-5-9-11(12(20)15(17)27-9)19-29(22,23)25-6-10-14(26-8(3)4)13(21)16(18)28-10/h7-16,20-21H,5-6,17-18H2,1-4H3,(H2,19,22,23)/t9-,10-,11?,12+,13+,14+,15-,16-/m1/s1. The Balaban J connectivity index is 1.96. The molecular formula is C16H34N3O9P. The molecule has 0 amide bonds. The van der Waals surface area contributed by atoms with Gasteiger partial charge in [-0.1, -0.05) is 0 Å². The molecule has 0 aromatic rings. The quantitative estimate of drug-likeness (QED) is 0.212. The lowest BCUT2D eigenvalue weighted by atomic mass is 10.1. The van der Waals surface area contributed by atoms with Crippen LogP contribution in [0.2, 0.25) is 0 Å². The number of aliphatic hydroxyl groups is 2. The highest BCUT2D eigenvalue weighted by atomic mass is 31.2. The lowest BCUT2D eigenvalue weighted by molar-refractivity contribution is -0.0760. The van der Waals surface area contributed by atoms with Crippen molar-refractivity contribution in [2.75, 3.05) is 13.2 Å². The Morgan fingerprint density at radius 2 is 1.59 bits per heavy atom. The zero-order chi connectivity index (χ0) is 21.9. The molecule has 9 atom stereocenters. The second-order valence-corrected chi connectivity index (χ2v) is 9.32. The Labute approximate surface area is 170 Å². The minimum absolute atomic E-state index is 0.0666. The smallest absolute Gasteiger partial charge is 0.387 e. The van der Waals surface area contributed by atoms with E-state index in [2.05, 4.69) is 5.09 Å². The molecule has 8 N–H and O–H groups in total. The number of ether oxygens (including phenoxy) is 4. The van der Waals surface area contributed by atoms with Crippen LogP contribution < -0.4 is 16.6 Å². The molecule has 12 nitrogen and oxygen atoms in total. The molecule has 0 aliphatic carbocycles. The van der Waals surface area contributed by atoms with Crippen LogP contribution in [0.15, 0.2) is 0 Å². The fourth-order valence-corrected chi connectivity index (χ4v) is 4.28. The summed E-state index contributed by atoms with van der Waals surface area (Å²) in [6, 6.07) is -0.986. The molecule has 0 aromatic carbocycles. The number of hydrogen-bond donors (Lipinski definition) is 6. The summed E-state index contributed by atoms with van der Waals surface area (Å²) in [6.45, 7) is 6.89. The largest absolute Gasteiger partial charge is 0.403 e. The van der Waals surface area contributed by atoms with Gasteiger partial charge in [0.2, 0.25) is 0 Å². The summed E-state index contributed by atoms with van der Waals surface area (Å²) in [5.74, 6) is 0. The summed E-state index contributed by atoms with van der Waals surface area (Å²) in [6.07, 6.45) is -7.11. The van der Waals surface area contributed by atoms with E-state index in [-0.39, 0.29) is 25.4 Å². The van der Waals surface area contributed by atoms with E-state index in [1.807, 2.05) is 13.8 Å². The number of aliphatic hydroxyl groups excluding tert-OH is 2. The van der Waals surface area contributed by atoms with Crippen molar-refractivity contribution in [1.29, 1.82) is 0 Å². The summed E-state index contributed by atoms with van der Waals surface area (Å²) >= 11 is 0. The highest BCUT2D eigenvalue weighted by Crippen LogP contribution is 2.41. The average molecular weight is 443 g/mol. The van der Waals surface area contributed by atoms with E-state index < -0.39 is 56.8 Å². The van der Waals surface area contributed by atoms with Crippen molar-refractivity contribution in [1.82, 2.24) is 5.09 Å². The van der Waals surface area contributed by atoms with Gasteiger partial charge in [0.25, 0.3) is 0 Å². The SMILES string of the molecule is CC(C)OC[C@H]1O[C@@H](N)[C@@H](O)C1NP(=O)(O)OC[C@H]1O[C@@H](N)[C@@H](O)[C@H]1OC(C)C. The van der Waals surface area contributed by atoms with Crippen molar-refractivity contribution in [3.05, 3.63) is 0 Å². The Hall–Kier alpha value is -0.210. The van der Waals surface area contributed by atoms with E-state index in [4.69, 9.17) is 34.9 Å². The number of nitrogens with one attached hydrogen (secondary N) is 1. The highest BCUT2D eigenvalue weighted by Gasteiger charge is 2.47. The van der Waals surface area contributed by atoms with Gasteiger partial charge in [0.1, 0.15) is 43.0 Å². The zero-order valence-electron chi connectivity index (χ0n) is 17.1. The molecule has 13 heteroatoms. The minimum Gasteiger partial charge on any atom is -0.387 e. The van der Waals surface area contributed by atoms with Crippen molar-refractivity contribution >= 4 is 7.75 Å². The van der Waals surface area contributed by atoms with Crippen molar-refractivity contribution < 1.29 is 43.1 Å². The van der Waals surface area contributed by atoms with Crippen molar-refractivity contribution in [3.63, 3.8) is 0 Å². The predicted molar refractivity (Wildman–Crippen MR) is 102 cm³/mol. The van der Waals surface area contributed by atoms with Crippen LogP contribution in [0.4, 0.5) is 0 Å². The Morgan fingerprint density at radius 3 is 2.17 bits per heavy atom. The first-order chi connectivity index (χ1) is 13.4. The van der Waals surface area contributed by atoms with E-state index in [1.54, 1.807) is 13.8 Å². The number of rotatable bonds is 10. The second kappa shape index (κ2) is 10.4. The highest BCUT2D eigenvalue weighted by molar-refractivity contribution is 7.50. The Kier molecular flexibility index (Phi) is 8.99. The van der Waals surface area contributed by atoms with Gasteiger partial charge in [0.05, 0.1) is 31.5 Å². The molecule has 2 aliphatic rings. The van der Waals surface area contributed by atoms with Crippen LogP contribution in [-0.4, -0.2) is 89.5 Å². The van der Waals surface area contributed by atoms with Gasteiger partial charge in [-0.3, -0.25) is 4.52 Å². The normalized spacial score (nSPS) is 40.1. The summed E-state index contributed by atoms with van der Waals surface area (Å²) in [7, 11) is -4.40. The maximum absolute atomic E-state index is 12.5. The molecule has 2 heterocycles. The fraction of sp³-hybridized carbons (Fsp3) is 1.00. The van der Waals surface area contributed by atoms with E-state index in [9.17, 15) is 19.7 Å². The van der Waals surface area contributed by atoms with Crippen LogP contribution in [-0.2, 0) is 28.0 Å². The van der Waals surface area contributed by atoms with Gasteiger partial charge in [-0.2, -0.15) is 0 Å². The van der Waals surface area contributed by atoms with E-state index in [0.717, 1.165) is 0 Å². The molecule has 172 valence electrons. The van der Waals surface area contributed by atoms with Crippen LogP contribution in [0.5, 0.6) is 0 Å². The molecule has 2 fully saturated rings. The molecule has 0 bridgehead atoms. The summed E-state index contributed by atoms with van der Waals surface area (Å²) in [4.78, 5) is 10.2. The predicted octanol–water partition coefficient (Wildman–Crippen LogP) is -1.63. The second-order valence-electron chi connectivity index (χ2n) is 7.76. The first kappa shape index (κ1) is 25.1.